The summed E-state index contributed by atoms with van der Waals surface area (Å²) in [4.78, 5) is 44.7. The predicted octanol–water partition coefficient (Wildman–Crippen LogP) is 0.757. The van der Waals surface area contributed by atoms with Crippen LogP contribution in [0.3, 0.4) is 0 Å². The van der Waals surface area contributed by atoms with Gasteiger partial charge in [0.25, 0.3) is 0 Å². The first-order chi connectivity index (χ1) is 13.8. The summed E-state index contributed by atoms with van der Waals surface area (Å²) in [5.41, 5.74) is 0.351. The Morgan fingerprint density at radius 1 is 1.10 bits per heavy atom. The Balaban J connectivity index is 1.54. The molecule has 3 aliphatic rings. The maximum absolute atomic E-state index is 13.6. The number of aryl methyl sites for hydroxylation is 1. The van der Waals surface area contributed by atoms with Crippen molar-refractivity contribution in [3.05, 3.63) is 18.0 Å². The lowest BCUT2D eigenvalue weighted by Gasteiger charge is -2.32. The van der Waals surface area contributed by atoms with Gasteiger partial charge in [-0.15, -0.1) is 0 Å². The van der Waals surface area contributed by atoms with E-state index >= 15 is 0 Å². The van der Waals surface area contributed by atoms with Crippen LogP contribution < -0.4 is 0 Å². The van der Waals surface area contributed by atoms with Gasteiger partial charge >= 0.3 is 0 Å². The molecule has 3 aliphatic heterocycles. The van der Waals surface area contributed by atoms with Crippen LogP contribution in [-0.2, 0) is 20.9 Å². The molecule has 0 unspecified atom stereocenters. The largest absolute Gasteiger partial charge is 0.342 e. The molecule has 1 aromatic heterocycles. The van der Waals surface area contributed by atoms with Crippen molar-refractivity contribution in [3.63, 3.8) is 0 Å². The molecule has 158 valence electrons. The predicted molar refractivity (Wildman–Crippen MR) is 107 cm³/mol. The molecule has 8 nitrogen and oxygen atoms in total. The lowest BCUT2D eigenvalue weighted by atomic mass is 9.79. The summed E-state index contributed by atoms with van der Waals surface area (Å²) in [7, 11) is 0. The third-order valence-corrected chi connectivity index (χ3v) is 6.65. The number of carbonyl (C=O) groups is 3. The van der Waals surface area contributed by atoms with Crippen LogP contribution in [0.15, 0.2) is 12.4 Å². The fourth-order valence-electron chi connectivity index (χ4n) is 5.12. The second-order valence-corrected chi connectivity index (χ2v) is 9.22. The number of hydrogen-bond acceptors (Lipinski definition) is 4. The minimum Gasteiger partial charge on any atom is -0.342 e. The van der Waals surface area contributed by atoms with Gasteiger partial charge in [0.1, 0.15) is 6.54 Å². The van der Waals surface area contributed by atoms with Crippen molar-refractivity contribution in [2.75, 3.05) is 39.3 Å². The molecule has 3 fully saturated rings. The number of carbonyl (C=O) groups excluding carboxylic acids is 3. The molecule has 1 aromatic rings. The number of aromatic nitrogens is 2. The highest BCUT2D eigenvalue weighted by atomic mass is 16.2. The van der Waals surface area contributed by atoms with Gasteiger partial charge in [-0.05, 0) is 25.3 Å². The number of fused-ring (bicyclic) bond motifs is 1. The Morgan fingerprint density at radius 2 is 1.76 bits per heavy atom. The third kappa shape index (κ3) is 3.53. The van der Waals surface area contributed by atoms with Gasteiger partial charge < -0.3 is 14.7 Å². The van der Waals surface area contributed by atoms with Crippen molar-refractivity contribution in [3.8, 4) is 0 Å². The molecular weight excluding hydrogens is 370 g/mol. The molecule has 0 aromatic carbocycles. The first kappa shape index (κ1) is 19.9. The zero-order chi connectivity index (χ0) is 20.8. The summed E-state index contributed by atoms with van der Waals surface area (Å²) in [6.07, 6.45) is 5.65. The molecule has 0 saturated carbocycles. The Kier molecular flexibility index (Phi) is 5.12. The Morgan fingerprint density at radius 3 is 2.38 bits per heavy atom. The zero-order valence-corrected chi connectivity index (χ0v) is 17.6. The maximum atomic E-state index is 13.6. The van der Waals surface area contributed by atoms with Gasteiger partial charge in [-0.25, -0.2) is 0 Å². The Bertz CT molecular complexity index is 813. The topological polar surface area (TPSA) is 78.8 Å². The second kappa shape index (κ2) is 7.46. The quantitative estimate of drug-likeness (QED) is 0.746. The lowest BCUT2D eigenvalue weighted by Crippen LogP contribution is -2.50. The van der Waals surface area contributed by atoms with Gasteiger partial charge in [0.05, 0.1) is 11.6 Å². The molecule has 3 amide bonds. The second-order valence-electron chi connectivity index (χ2n) is 9.22. The summed E-state index contributed by atoms with van der Waals surface area (Å²) in [5.74, 6) is 0.121. The van der Waals surface area contributed by atoms with Gasteiger partial charge in [-0.2, -0.15) is 5.10 Å². The van der Waals surface area contributed by atoms with E-state index in [4.69, 9.17) is 0 Å². The molecule has 0 aliphatic carbocycles. The molecular formula is C21H31N5O3. The third-order valence-electron chi connectivity index (χ3n) is 6.65. The van der Waals surface area contributed by atoms with Crippen molar-refractivity contribution in [1.82, 2.24) is 24.5 Å². The highest BCUT2D eigenvalue weighted by Gasteiger charge is 2.60. The van der Waals surface area contributed by atoms with E-state index in [9.17, 15) is 14.4 Å². The molecule has 4 rings (SSSR count). The monoisotopic (exact) mass is 401 g/mol. The number of amides is 3. The van der Waals surface area contributed by atoms with Crippen LogP contribution in [0, 0.1) is 24.2 Å². The average molecular weight is 402 g/mol. The fraction of sp³-hybridized carbons (Fsp3) is 0.714. The van der Waals surface area contributed by atoms with E-state index in [1.54, 1.807) is 10.9 Å². The molecule has 0 radical (unpaired) electrons. The fourth-order valence-corrected chi connectivity index (χ4v) is 5.12. The summed E-state index contributed by atoms with van der Waals surface area (Å²) >= 11 is 0. The number of likely N-dealkylation sites (tertiary alicyclic amines) is 3. The molecule has 3 saturated heterocycles. The summed E-state index contributed by atoms with van der Waals surface area (Å²) < 4.78 is 1.65. The Labute approximate surface area is 171 Å². The normalized spacial score (nSPS) is 26.5. The van der Waals surface area contributed by atoms with Crippen LogP contribution in [0.25, 0.3) is 0 Å². The first-order valence-electron chi connectivity index (χ1n) is 10.6. The summed E-state index contributed by atoms with van der Waals surface area (Å²) in [5, 5.41) is 4.21. The minimum atomic E-state index is -0.662. The molecule has 8 heteroatoms. The number of hydrogen-bond donors (Lipinski definition) is 0. The Hall–Kier alpha value is -2.38. The van der Waals surface area contributed by atoms with Gasteiger partial charge in [0.15, 0.2) is 0 Å². The minimum absolute atomic E-state index is 0.00149. The van der Waals surface area contributed by atoms with Gasteiger partial charge in [-0.3, -0.25) is 19.1 Å². The molecule has 2 atom stereocenters. The van der Waals surface area contributed by atoms with E-state index in [-0.39, 0.29) is 36.1 Å². The summed E-state index contributed by atoms with van der Waals surface area (Å²) in [6, 6.07) is 0. The van der Waals surface area contributed by atoms with Crippen molar-refractivity contribution in [2.45, 2.75) is 40.2 Å². The van der Waals surface area contributed by atoms with Crippen LogP contribution in [0.5, 0.6) is 0 Å². The van der Waals surface area contributed by atoms with Crippen molar-refractivity contribution in [2.24, 2.45) is 17.3 Å². The highest BCUT2D eigenvalue weighted by molar-refractivity contribution is 5.88. The smallest absolute Gasteiger partial charge is 0.244 e. The lowest BCUT2D eigenvalue weighted by molar-refractivity contribution is -0.142. The molecule has 0 N–H and O–H groups in total. The number of nitrogens with zero attached hydrogens (tertiary/aromatic N) is 5. The van der Waals surface area contributed by atoms with Crippen LogP contribution in [-0.4, -0.2) is 81.5 Å². The average Bonchev–Trinajstić information content (AvgIpc) is 3.43. The van der Waals surface area contributed by atoms with Gasteiger partial charge in [0.2, 0.25) is 17.7 Å². The van der Waals surface area contributed by atoms with Crippen molar-refractivity contribution < 1.29 is 14.4 Å². The zero-order valence-electron chi connectivity index (χ0n) is 17.6. The molecule has 4 heterocycles. The van der Waals surface area contributed by atoms with E-state index in [0.717, 1.165) is 31.5 Å². The molecule has 0 bridgehead atoms. The van der Waals surface area contributed by atoms with Crippen molar-refractivity contribution in [1.29, 1.82) is 0 Å². The van der Waals surface area contributed by atoms with Crippen LogP contribution in [0.1, 0.15) is 32.3 Å². The maximum Gasteiger partial charge on any atom is 0.244 e. The van der Waals surface area contributed by atoms with E-state index in [2.05, 4.69) is 5.10 Å². The van der Waals surface area contributed by atoms with E-state index in [1.807, 2.05) is 41.7 Å². The SMILES string of the molecule is Cc1cnn(CC(=O)N2C[C@@H]3CN(C(=O)C(C)C)C[C@]3(C(=O)N3CCCC3)C2)c1. The van der Waals surface area contributed by atoms with Crippen LogP contribution in [0.2, 0.25) is 0 Å². The van der Waals surface area contributed by atoms with E-state index in [0.29, 0.717) is 26.2 Å². The van der Waals surface area contributed by atoms with Gasteiger partial charge in [-0.1, -0.05) is 13.8 Å². The molecule has 29 heavy (non-hydrogen) atoms. The van der Waals surface area contributed by atoms with Gasteiger partial charge in [0, 0.05) is 57.3 Å². The first-order valence-corrected chi connectivity index (χ1v) is 10.6. The van der Waals surface area contributed by atoms with E-state index in [1.165, 1.54) is 0 Å². The molecule has 0 spiro atoms. The van der Waals surface area contributed by atoms with Crippen LogP contribution in [0.4, 0.5) is 0 Å². The van der Waals surface area contributed by atoms with Crippen LogP contribution >= 0.6 is 0 Å². The summed E-state index contributed by atoms with van der Waals surface area (Å²) in [6.45, 7) is 9.39. The van der Waals surface area contributed by atoms with E-state index < -0.39 is 5.41 Å². The number of rotatable bonds is 4. The highest BCUT2D eigenvalue weighted by Crippen LogP contribution is 2.45. The standard InChI is InChI=1S/C21H31N5O3/c1-15(2)19(28)25-11-17-10-24(18(27)12-26-9-16(3)8-22-26)13-21(17,14-25)20(29)23-6-4-5-7-23/h8-9,15,17H,4-7,10-14H2,1-3H3/t17-,21-/m1/s1. The van der Waals surface area contributed by atoms with Crippen molar-refractivity contribution >= 4 is 17.7 Å².